The Balaban J connectivity index is 2.26. The van der Waals surface area contributed by atoms with E-state index in [4.69, 9.17) is 16.3 Å². The van der Waals surface area contributed by atoms with Crippen LogP contribution >= 0.6 is 11.6 Å². The van der Waals surface area contributed by atoms with Gasteiger partial charge in [-0.1, -0.05) is 18.5 Å². The number of benzene rings is 1. The molecule has 0 aliphatic rings. The van der Waals surface area contributed by atoms with Crippen LogP contribution in [0.25, 0.3) is 0 Å². The van der Waals surface area contributed by atoms with Crippen LogP contribution in [-0.4, -0.2) is 23.6 Å². The first-order valence-electron chi connectivity index (χ1n) is 6.57. The Morgan fingerprint density at radius 2 is 2.05 bits per heavy atom. The fourth-order valence-electron chi connectivity index (χ4n) is 2.12. The molecule has 1 aromatic heterocycles. The first-order chi connectivity index (χ1) is 9.74. The molecule has 0 amide bonds. The molecule has 1 aromatic carbocycles. The van der Waals surface area contributed by atoms with Gasteiger partial charge in [-0.15, -0.1) is 0 Å². The summed E-state index contributed by atoms with van der Waals surface area (Å²) in [7, 11) is 1.66. The molecule has 20 heavy (non-hydrogen) atoms. The van der Waals surface area contributed by atoms with Crippen molar-refractivity contribution in [3.63, 3.8) is 0 Å². The topological polar surface area (TPSA) is 47.0 Å². The van der Waals surface area contributed by atoms with Gasteiger partial charge in [0.05, 0.1) is 13.2 Å². The van der Waals surface area contributed by atoms with Crippen molar-refractivity contribution in [3.05, 3.63) is 53.1 Å². The van der Waals surface area contributed by atoms with Crippen molar-refractivity contribution >= 4 is 11.6 Å². The molecule has 0 aliphatic heterocycles. The summed E-state index contributed by atoms with van der Waals surface area (Å²) < 4.78 is 5.39. The second-order valence-electron chi connectivity index (χ2n) is 4.38. The van der Waals surface area contributed by atoms with Crippen LogP contribution in [0.2, 0.25) is 5.02 Å². The van der Waals surface area contributed by atoms with Crippen LogP contribution in [0.1, 0.15) is 24.4 Å². The predicted molar refractivity (Wildman–Crippen MR) is 80.2 cm³/mol. The van der Waals surface area contributed by atoms with Gasteiger partial charge < -0.3 is 10.1 Å². The van der Waals surface area contributed by atoms with Gasteiger partial charge in [0, 0.05) is 17.4 Å². The number of nitrogens with zero attached hydrogens (tertiary/aromatic N) is 2. The van der Waals surface area contributed by atoms with Crippen LogP contribution in [0.4, 0.5) is 0 Å². The van der Waals surface area contributed by atoms with Gasteiger partial charge in [0.1, 0.15) is 11.6 Å². The van der Waals surface area contributed by atoms with E-state index >= 15 is 0 Å². The Morgan fingerprint density at radius 3 is 2.70 bits per heavy atom. The van der Waals surface area contributed by atoms with Gasteiger partial charge in [-0.25, -0.2) is 9.97 Å². The summed E-state index contributed by atoms with van der Waals surface area (Å²) in [6.07, 6.45) is 4.23. The number of hydrogen-bond acceptors (Lipinski definition) is 4. The third kappa shape index (κ3) is 3.68. The van der Waals surface area contributed by atoms with E-state index in [-0.39, 0.29) is 6.04 Å². The first-order valence-corrected chi connectivity index (χ1v) is 6.95. The van der Waals surface area contributed by atoms with E-state index in [1.807, 2.05) is 24.3 Å². The molecule has 0 spiro atoms. The lowest BCUT2D eigenvalue weighted by atomic mass is 10.0. The highest BCUT2D eigenvalue weighted by Crippen LogP contribution is 2.26. The van der Waals surface area contributed by atoms with Crippen LogP contribution in [0.3, 0.4) is 0 Å². The van der Waals surface area contributed by atoms with Crippen molar-refractivity contribution in [2.75, 3.05) is 13.7 Å². The predicted octanol–water partition coefficient (Wildman–Crippen LogP) is 3.03. The van der Waals surface area contributed by atoms with Gasteiger partial charge in [0.15, 0.2) is 0 Å². The number of ether oxygens (including phenoxy) is 1. The Labute approximate surface area is 124 Å². The molecule has 1 unspecified atom stereocenters. The number of likely N-dealkylation sites (N-methyl/N-ethyl adjacent to an activating group) is 1. The van der Waals surface area contributed by atoms with E-state index < -0.39 is 0 Å². The number of hydrogen-bond donors (Lipinski definition) is 1. The van der Waals surface area contributed by atoms with E-state index in [1.54, 1.807) is 19.5 Å². The summed E-state index contributed by atoms with van der Waals surface area (Å²) in [6, 6.07) is 7.48. The summed E-state index contributed by atoms with van der Waals surface area (Å²) in [4.78, 5) is 8.65. The molecule has 2 aromatic rings. The Hall–Kier alpha value is -1.65. The van der Waals surface area contributed by atoms with Crippen molar-refractivity contribution in [2.45, 2.75) is 19.4 Å². The summed E-state index contributed by atoms with van der Waals surface area (Å²) in [5.74, 6) is 1.60. The zero-order chi connectivity index (χ0) is 14.4. The molecular weight excluding hydrogens is 274 g/mol. The molecule has 1 atom stereocenters. The van der Waals surface area contributed by atoms with Crippen LogP contribution in [0.5, 0.6) is 5.75 Å². The summed E-state index contributed by atoms with van der Waals surface area (Å²) >= 11 is 6.07. The second kappa shape index (κ2) is 7.22. The SMILES string of the molecule is CCNC(Cc1cc(Cl)ccc1OC)c1ncccn1. The van der Waals surface area contributed by atoms with Gasteiger partial charge in [-0.2, -0.15) is 0 Å². The molecule has 106 valence electrons. The molecule has 0 aliphatic carbocycles. The summed E-state index contributed by atoms with van der Waals surface area (Å²) in [5.41, 5.74) is 1.04. The highest BCUT2D eigenvalue weighted by atomic mass is 35.5. The minimum absolute atomic E-state index is 0.0357. The first kappa shape index (κ1) is 14.8. The quantitative estimate of drug-likeness (QED) is 0.889. The number of halogens is 1. The summed E-state index contributed by atoms with van der Waals surface area (Å²) in [6.45, 7) is 2.90. The maximum absolute atomic E-state index is 6.07. The van der Waals surface area contributed by atoms with E-state index in [1.165, 1.54) is 0 Å². The molecule has 5 heteroatoms. The van der Waals surface area contributed by atoms with E-state index in [2.05, 4.69) is 22.2 Å². The van der Waals surface area contributed by atoms with Crippen molar-refractivity contribution in [1.29, 1.82) is 0 Å². The minimum Gasteiger partial charge on any atom is -0.496 e. The monoisotopic (exact) mass is 291 g/mol. The molecule has 0 saturated carbocycles. The zero-order valence-electron chi connectivity index (χ0n) is 11.6. The third-order valence-electron chi connectivity index (χ3n) is 3.01. The molecule has 4 nitrogen and oxygen atoms in total. The van der Waals surface area contributed by atoms with Crippen molar-refractivity contribution in [3.8, 4) is 5.75 Å². The Kier molecular flexibility index (Phi) is 5.32. The molecule has 0 bridgehead atoms. The molecule has 0 saturated heterocycles. The van der Waals surface area contributed by atoms with Gasteiger partial charge >= 0.3 is 0 Å². The van der Waals surface area contributed by atoms with E-state index in [0.717, 1.165) is 30.1 Å². The Morgan fingerprint density at radius 1 is 1.30 bits per heavy atom. The lowest BCUT2D eigenvalue weighted by Gasteiger charge is -2.18. The molecule has 0 radical (unpaired) electrons. The second-order valence-corrected chi connectivity index (χ2v) is 4.81. The van der Waals surface area contributed by atoms with E-state index in [9.17, 15) is 0 Å². The maximum atomic E-state index is 6.07. The van der Waals surface area contributed by atoms with Gasteiger partial charge in [-0.3, -0.25) is 0 Å². The summed E-state index contributed by atoms with van der Waals surface area (Å²) in [5, 5.41) is 4.09. The number of methoxy groups -OCH3 is 1. The molecule has 1 heterocycles. The molecule has 2 rings (SSSR count). The third-order valence-corrected chi connectivity index (χ3v) is 3.25. The molecule has 1 N–H and O–H groups in total. The van der Waals surface area contributed by atoms with Gasteiger partial charge in [-0.05, 0) is 42.8 Å². The number of rotatable bonds is 6. The lowest BCUT2D eigenvalue weighted by molar-refractivity contribution is 0.404. The number of aromatic nitrogens is 2. The Bertz CT molecular complexity index is 548. The minimum atomic E-state index is 0.0357. The van der Waals surface area contributed by atoms with Crippen molar-refractivity contribution in [1.82, 2.24) is 15.3 Å². The molecular formula is C15H18ClN3O. The highest BCUT2D eigenvalue weighted by Gasteiger charge is 2.16. The lowest BCUT2D eigenvalue weighted by Crippen LogP contribution is -2.25. The van der Waals surface area contributed by atoms with Crippen molar-refractivity contribution < 1.29 is 4.74 Å². The smallest absolute Gasteiger partial charge is 0.145 e. The van der Waals surface area contributed by atoms with Crippen LogP contribution in [-0.2, 0) is 6.42 Å². The fourth-order valence-corrected chi connectivity index (χ4v) is 2.31. The van der Waals surface area contributed by atoms with Crippen LogP contribution in [0, 0.1) is 0 Å². The van der Waals surface area contributed by atoms with Crippen LogP contribution in [0.15, 0.2) is 36.7 Å². The molecule has 0 fully saturated rings. The van der Waals surface area contributed by atoms with Crippen LogP contribution < -0.4 is 10.1 Å². The largest absolute Gasteiger partial charge is 0.496 e. The normalized spacial score (nSPS) is 12.2. The maximum Gasteiger partial charge on any atom is 0.145 e. The van der Waals surface area contributed by atoms with E-state index in [0.29, 0.717) is 5.02 Å². The average Bonchev–Trinajstić information content (AvgIpc) is 2.48. The highest BCUT2D eigenvalue weighted by molar-refractivity contribution is 6.30. The van der Waals surface area contributed by atoms with Gasteiger partial charge in [0.25, 0.3) is 0 Å². The standard InChI is InChI=1S/C15H18ClN3O/c1-3-17-13(15-18-7-4-8-19-15)10-11-9-12(16)5-6-14(11)20-2/h4-9,13,17H,3,10H2,1-2H3. The zero-order valence-corrected chi connectivity index (χ0v) is 12.4. The van der Waals surface area contributed by atoms with Gasteiger partial charge in [0.2, 0.25) is 0 Å². The number of nitrogens with one attached hydrogen (secondary N) is 1. The van der Waals surface area contributed by atoms with Crippen molar-refractivity contribution in [2.24, 2.45) is 0 Å². The fraction of sp³-hybridized carbons (Fsp3) is 0.333. The average molecular weight is 292 g/mol.